The van der Waals surface area contributed by atoms with E-state index in [9.17, 15) is 4.79 Å². The highest BCUT2D eigenvalue weighted by Crippen LogP contribution is 2.29. The molecule has 0 unspecified atom stereocenters. The first-order chi connectivity index (χ1) is 8.83. The summed E-state index contributed by atoms with van der Waals surface area (Å²) >= 11 is 2.99. The van der Waals surface area contributed by atoms with Crippen molar-refractivity contribution in [3.8, 4) is 0 Å². The second-order valence-electron chi connectivity index (χ2n) is 4.14. The second-order valence-corrected chi connectivity index (χ2v) is 6.15. The number of nitrogens with zero attached hydrogens (tertiary/aromatic N) is 1. The average molecular weight is 279 g/mol. The first-order valence-corrected chi connectivity index (χ1v) is 7.56. The fourth-order valence-electron chi connectivity index (χ4n) is 2.03. The highest BCUT2D eigenvalue weighted by Gasteiger charge is 2.19. The van der Waals surface area contributed by atoms with Crippen LogP contribution in [0, 0.1) is 0 Å². The molecule has 2 N–H and O–H groups in total. The molecule has 0 aromatic carbocycles. The molecule has 0 radical (unpaired) electrons. The van der Waals surface area contributed by atoms with Crippen LogP contribution in [0.3, 0.4) is 0 Å². The Morgan fingerprint density at radius 3 is 3.17 bits per heavy atom. The van der Waals surface area contributed by atoms with Crippen LogP contribution >= 0.6 is 22.7 Å². The van der Waals surface area contributed by atoms with Crippen molar-refractivity contribution in [3.63, 3.8) is 0 Å². The van der Waals surface area contributed by atoms with Crippen molar-refractivity contribution in [2.24, 2.45) is 0 Å². The molecule has 18 heavy (non-hydrogen) atoms. The Morgan fingerprint density at radius 2 is 2.44 bits per heavy atom. The minimum atomic E-state index is -0.0702. The van der Waals surface area contributed by atoms with Crippen LogP contribution in [-0.4, -0.2) is 17.4 Å². The Bertz CT molecular complexity index is 529. The number of thiazole rings is 1. The molecule has 2 aromatic rings. The first kappa shape index (κ1) is 11.8. The quantitative estimate of drug-likeness (QED) is 0.908. The molecule has 0 bridgehead atoms. The summed E-state index contributed by atoms with van der Waals surface area (Å²) in [4.78, 5) is 18.0. The van der Waals surface area contributed by atoms with E-state index in [-0.39, 0.29) is 5.91 Å². The zero-order valence-corrected chi connectivity index (χ0v) is 11.3. The molecule has 0 spiro atoms. The molecular weight excluding hydrogens is 266 g/mol. The van der Waals surface area contributed by atoms with Crippen LogP contribution in [0.5, 0.6) is 0 Å². The van der Waals surface area contributed by atoms with Gasteiger partial charge < -0.3 is 5.32 Å². The molecule has 2 aromatic heterocycles. The normalized spacial score (nSPS) is 19.0. The van der Waals surface area contributed by atoms with Crippen molar-refractivity contribution >= 4 is 33.7 Å². The van der Waals surface area contributed by atoms with Gasteiger partial charge in [0.25, 0.3) is 5.91 Å². The van der Waals surface area contributed by atoms with Gasteiger partial charge in [-0.05, 0) is 31.5 Å². The molecule has 3 heterocycles. The summed E-state index contributed by atoms with van der Waals surface area (Å²) in [6.07, 6.45) is 4.06. The molecule has 1 fully saturated rings. The lowest BCUT2D eigenvalue weighted by Gasteiger charge is -2.05. The van der Waals surface area contributed by atoms with Crippen LogP contribution in [-0.2, 0) is 0 Å². The molecule has 1 aliphatic heterocycles. The Hall–Kier alpha value is -1.24. The Morgan fingerprint density at radius 1 is 1.50 bits per heavy atom. The Balaban J connectivity index is 1.70. The fraction of sp³-hybridized carbons (Fsp3) is 0.333. The number of hydrogen-bond acceptors (Lipinski definition) is 5. The maximum absolute atomic E-state index is 12.0. The van der Waals surface area contributed by atoms with Crippen molar-refractivity contribution < 1.29 is 4.79 Å². The molecule has 3 rings (SSSR count). The molecule has 0 saturated carbocycles. The number of amides is 1. The standard InChI is InChI=1S/C12H13N3OS2/c16-11(15-12-14-6-7-17-12)10-4-3-9(18-10)8-2-1-5-13-8/h3-4,6-8,13H,1-2,5H2,(H,14,15,16)/t8-/m1/s1. The van der Waals surface area contributed by atoms with Crippen LogP contribution < -0.4 is 10.6 Å². The van der Waals surface area contributed by atoms with E-state index in [2.05, 4.69) is 15.6 Å². The third kappa shape index (κ3) is 2.45. The average Bonchev–Trinajstić information content (AvgIpc) is 3.11. The van der Waals surface area contributed by atoms with Gasteiger partial charge in [0.05, 0.1) is 4.88 Å². The summed E-state index contributed by atoms with van der Waals surface area (Å²) < 4.78 is 0. The van der Waals surface area contributed by atoms with E-state index in [1.807, 2.05) is 17.5 Å². The van der Waals surface area contributed by atoms with Crippen LogP contribution in [0.2, 0.25) is 0 Å². The fourth-order valence-corrected chi connectivity index (χ4v) is 3.57. The SMILES string of the molecule is O=C(Nc1nccs1)c1ccc([C@H]2CCCN2)s1. The molecule has 4 nitrogen and oxygen atoms in total. The van der Waals surface area contributed by atoms with Crippen LogP contribution in [0.4, 0.5) is 5.13 Å². The maximum Gasteiger partial charge on any atom is 0.267 e. The Labute approximate surface area is 113 Å². The maximum atomic E-state index is 12.0. The van der Waals surface area contributed by atoms with Gasteiger partial charge in [-0.25, -0.2) is 4.98 Å². The van der Waals surface area contributed by atoms with Crippen molar-refractivity contribution in [1.29, 1.82) is 0 Å². The van der Waals surface area contributed by atoms with Gasteiger partial charge in [0.1, 0.15) is 0 Å². The highest BCUT2D eigenvalue weighted by molar-refractivity contribution is 7.15. The van der Waals surface area contributed by atoms with E-state index in [1.54, 1.807) is 17.5 Å². The van der Waals surface area contributed by atoms with E-state index < -0.39 is 0 Å². The molecule has 94 valence electrons. The monoisotopic (exact) mass is 279 g/mol. The van der Waals surface area contributed by atoms with Gasteiger partial charge in [-0.2, -0.15) is 0 Å². The van der Waals surface area contributed by atoms with Crippen molar-refractivity contribution in [2.75, 3.05) is 11.9 Å². The van der Waals surface area contributed by atoms with Crippen LogP contribution in [0.25, 0.3) is 0 Å². The topological polar surface area (TPSA) is 54.0 Å². The Kier molecular flexibility index (Phi) is 3.40. The minimum absolute atomic E-state index is 0.0702. The lowest BCUT2D eigenvalue weighted by Crippen LogP contribution is -2.11. The molecule has 1 amide bonds. The summed E-state index contributed by atoms with van der Waals surface area (Å²) in [5.74, 6) is -0.0702. The number of rotatable bonds is 3. The third-order valence-electron chi connectivity index (χ3n) is 2.91. The molecule has 1 atom stereocenters. The predicted octanol–water partition coefficient (Wildman–Crippen LogP) is 2.88. The van der Waals surface area contributed by atoms with Gasteiger partial charge in [-0.1, -0.05) is 0 Å². The van der Waals surface area contributed by atoms with Crippen LogP contribution in [0.15, 0.2) is 23.7 Å². The van der Waals surface area contributed by atoms with E-state index >= 15 is 0 Å². The van der Waals surface area contributed by atoms with Gasteiger partial charge >= 0.3 is 0 Å². The molecule has 0 aliphatic carbocycles. The predicted molar refractivity (Wildman–Crippen MR) is 74.4 cm³/mol. The number of hydrogen-bond donors (Lipinski definition) is 2. The van der Waals surface area contributed by atoms with Crippen molar-refractivity contribution in [1.82, 2.24) is 10.3 Å². The summed E-state index contributed by atoms with van der Waals surface area (Å²) in [5, 5.41) is 8.73. The van der Waals surface area contributed by atoms with E-state index in [4.69, 9.17) is 0 Å². The lowest BCUT2D eigenvalue weighted by molar-refractivity contribution is 0.103. The number of thiophene rings is 1. The number of carbonyl (C=O) groups excluding carboxylic acids is 1. The number of carbonyl (C=O) groups is 1. The summed E-state index contributed by atoms with van der Waals surface area (Å²) in [5.41, 5.74) is 0. The number of anilines is 1. The lowest BCUT2D eigenvalue weighted by atomic mass is 10.2. The van der Waals surface area contributed by atoms with E-state index in [1.165, 1.54) is 22.6 Å². The first-order valence-electron chi connectivity index (χ1n) is 5.87. The molecule has 1 saturated heterocycles. The minimum Gasteiger partial charge on any atom is -0.309 e. The van der Waals surface area contributed by atoms with Gasteiger partial charge in [-0.3, -0.25) is 10.1 Å². The van der Waals surface area contributed by atoms with Gasteiger partial charge in [0, 0.05) is 22.5 Å². The summed E-state index contributed by atoms with van der Waals surface area (Å²) in [7, 11) is 0. The third-order valence-corrected chi connectivity index (χ3v) is 4.79. The van der Waals surface area contributed by atoms with E-state index in [0.717, 1.165) is 17.8 Å². The smallest absolute Gasteiger partial charge is 0.267 e. The van der Waals surface area contributed by atoms with Gasteiger partial charge in [0.15, 0.2) is 5.13 Å². The van der Waals surface area contributed by atoms with Gasteiger partial charge in [-0.15, -0.1) is 22.7 Å². The number of aromatic nitrogens is 1. The zero-order chi connectivity index (χ0) is 12.4. The number of nitrogens with one attached hydrogen (secondary N) is 2. The molecule has 6 heteroatoms. The largest absolute Gasteiger partial charge is 0.309 e. The second kappa shape index (κ2) is 5.17. The highest BCUT2D eigenvalue weighted by atomic mass is 32.1. The molecular formula is C12H13N3OS2. The van der Waals surface area contributed by atoms with E-state index in [0.29, 0.717) is 11.2 Å². The van der Waals surface area contributed by atoms with Crippen molar-refractivity contribution in [2.45, 2.75) is 18.9 Å². The van der Waals surface area contributed by atoms with Crippen molar-refractivity contribution in [3.05, 3.63) is 33.5 Å². The zero-order valence-electron chi connectivity index (χ0n) is 9.68. The van der Waals surface area contributed by atoms with Crippen LogP contribution in [0.1, 0.15) is 33.4 Å². The van der Waals surface area contributed by atoms with Gasteiger partial charge in [0.2, 0.25) is 0 Å². The molecule has 1 aliphatic rings. The summed E-state index contributed by atoms with van der Waals surface area (Å²) in [6, 6.07) is 4.37. The summed E-state index contributed by atoms with van der Waals surface area (Å²) in [6.45, 7) is 1.07.